The number of halogens is 1. The smallest absolute Gasteiger partial charge is 0.294 e. The van der Waals surface area contributed by atoms with E-state index in [-0.39, 0.29) is 12.2 Å². The number of pyridine rings is 2. The number of nitrogens with one attached hydrogen (secondary N) is 1. The third-order valence-electron chi connectivity index (χ3n) is 4.74. The van der Waals surface area contributed by atoms with Gasteiger partial charge in [-0.3, -0.25) is 14.6 Å². The van der Waals surface area contributed by atoms with Crippen molar-refractivity contribution in [3.05, 3.63) is 89.5 Å². The number of amides is 1. The first-order valence-electron chi connectivity index (χ1n) is 9.24. The lowest BCUT2D eigenvalue weighted by atomic mass is 10.0. The molecular formula is C23H18ClN3O3. The molecule has 0 saturated carbocycles. The molecule has 0 fully saturated rings. The van der Waals surface area contributed by atoms with E-state index in [2.05, 4.69) is 10.3 Å². The minimum Gasteiger partial charge on any atom is -0.495 e. The van der Waals surface area contributed by atoms with Gasteiger partial charge in [0.15, 0.2) is 0 Å². The first kappa shape index (κ1) is 19.7. The Labute approximate surface area is 178 Å². The summed E-state index contributed by atoms with van der Waals surface area (Å²) in [6.07, 6.45) is 5.04. The van der Waals surface area contributed by atoms with Gasteiger partial charge in [0, 0.05) is 36.2 Å². The topological polar surface area (TPSA) is 72.7 Å². The molecule has 1 amide bonds. The Morgan fingerprint density at radius 3 is 2.73 bits per heavy atom. The van der Waals surface area contributed by atoms with Gasteiger partial charge in [-0.25, -0.2) is 0 Å². The van der Waals surface area contributed by atoms with Gasteiger partial charge in [0.05, 0.1) is 12.1 Å². The number of carbonyl (C=O) groups is 2. The molecule has 0 radical (unpaired) electrons. The van der Waals surface area contributed by atoms with Gasteiger partial charge in [-0.1, -0.05) is 29.8 Å². The molecule has 7 heteroatoms. The number of rotatable bonds is 6. The lowest BCUT2D eigenvalue weighted by Crippen LogP contribution is -2.31. The zero-order chi connectivity index (χ0) is 21.1. The standard InChI is InChI=1S/C23H18ClN3O3/c1-30-20-8-7-16(11-19(20)24)18-12-17-6-2-3-10-27(17)21(18)22(28)23(29)26-14-15-5-4-9-25-13-15/h2-13H,14H2,1H3,(H,26,29). The van der Waals surface area contributed by atoms with Crippen LogP contribution in [-0.4, -0.2) is 28.2 Å². The van der Waals surface area contributed by atoms with E-state index in [9.17, 15) is 9.59 Å². The van der Waals surface area contributed by atoms with Gasteiger partial charge in [-0.2, -0.15) is 0 Å². The maximum atomic E-state index is 13.1. The van der Waals surface area contributed by atoms with E-state index in [1.165, 1.54) is 7.11 Å². The van der Waals surface area contributed by atoms with E-state index in [0.717, 1.165) is 11.1 Å². The molecule has 4 rings (SSSR count). The number of aromatic nitrogens is 2. The monoisotopic (exact) mass is 419 g/mol. The number of carbonyl (C=O) groups excluding carboxylic acids is 2. The van der Waals surface area contributed by atoms with Crippen LogP contribution in [-0.2, 0) is 11.3 Å². The van der Waals surface area contributed by atoms with Gasteiger partial charge in [0.1, 0.15) is 11.4 Å². The molecule has 1 aromatic carbocycles. The molecule has 30 heavy (non-hydrogen) atoms. The second-order valence-electron chi connectivity index (χ2n) is 6.62. The van der Waals surface area contributed by atoms with Gasteiger partial charge < -0.3 is 14.5 Å². The molecule has 6 nitrogen and oxygen atoms in total. The normalized spacial score (nSPS) is 10.7. The van der Waals surface area contributed by atoms with Crippen molar-refractivity contribution in [1.29, 1.82) is 0 Å². The van der Waals surface area contributed by atoms with Gasteiger partial charge in [0.2, 0.25) is 0 Å². The van der Waals surface area contributed by atoms with Crippen LogP contribution in [0.4, 0.5) is 0 Å². The average molecular weight is 420 g/mol. The Kier molecular flexibility index (Phi) is 5.50. The summed E-state index contributed by atoms with van der Waals surface area (Å²) >= 11 is 6.29. The van der Waals surface area contributed by atoms with Crippen molar-refractivity contribution in [2.75, 3.05) is 7.11 Å². The van der Waals surface area contributed by atoms with Crippen molar-refractivity contribution < 1.29 is 14.3 Å². The molecule has 0 saturated heterocycles. The molecule has 3 aromatic heterocycles. The number of fused-ring (bicyclic) bond motifs is 1. The lowest BCUT2D eigenvalue weighted by Gasteiger charge is -2.09. The molecule has 0 spiro atoms. The summed E-state index contributed by atoms with van der Waals surface area (Å²) in [6.45, 7) is 0.214. The summed E-state index contributed by atoms with van der Waals surface area (Å²) in [5, 5.41) is 3.09. The molecule has 0 atom stereocenters. The molecule has 3 heterocycles. The summed E-state index contributed by atoms with van der Waals surface area (Å²) in [4.78, 5) is 29.8. The van der Waals surface area contributed by atoms with Gasteiger partial charge in [0.25, 0.3) is 11.7 Å². The molecule has 4 aromatic rings. The number of ether oxygens (including phenoxy) is 1. The highest BCUT2D eigenvalue weighted by Gasteiger charge is 2.25. The molecular weight excluding hydrogens is 402 g/mol. The number of hydrogen-bond acceptors (Lipinski definition) is 4. The maximum absolute atomic E-state index is 13.1. The second-order valence-corrected chi connectivity index (χ2v) is 7.03. The number of benzene rings is 1. The zero-order valence-corrected chi connectivity index (χ0v) is 16.9. The number of hydrogen-bond donors (Lipinski definition) is 1. The first-order chi connectivity index (χ1) is 14.6. The highest BCUT2D eigenvalue weighted by Crippen LogP contribution is 2.33. The molecule has 0 unspecified atom stereocenters. The van der Waals surface area contributed by atoms with Crippen molar-refractivity contribution in [3.63, 3.8) is 0 Å². The minimum absolute atomic E-state index is 0.214. The quantitative estimate of drug-likeness (QED) is 0.376. The molecule has 150 valence electrons. The first-order valence-corrected chi connectivity index (χ1v) is 9.61. The molecule has 0 bridgehead atoms. The van der Waals surface area contributed by atoms with Crippen molar-refractivity contribution in [1.82, 2.24) is 14.7 Å². The Morgan fingerprint density at radius 2 is 2.00 bits per heavy atom. The van der Waals surface area contributed by atoms with E-state index >= 15 is 0 Å². The summed E-state index contributed by atoms with van der Waals surface area (Å²) in [7, 11) is 1.54. The van der Waals surface area contributed by atoms with Crippen LogP contribution in [0.2, 0.25) is 5.02 Å². The summed E-state index contributed by atoms with van der Waals surface area (Å²) in [6, 6.07) is 16.3. The zero-order valence-electron chi connectivity index (χ0n) is 16.1. The van der Waals surface area contributed by atoms with Crippen LogP contribution in [0, 0.1) is 0 Å². The Bertz CT molecular complexity index is 1240. The van der Waals surface area contributed by atoms with E-state index in [1.54, 1.807) is 41.2 Å². The van der Waals surface area contributed by atoms with Crippen molar-refractivity contribution in [3.8, 4) is 16.9 Å². The Balaban J connectivity index is 1.72. The van der Waals surface area contributed by atoms with Gasteiger partial charge in [-0.15, -0.1) is 0 Å². The van der Waals surface area contributed by atoms with Crippen LogP contribution >= 0.6 is 11.6 Å². The number of ketones is 1. The predicted molar refractivity (Wildman–Crippen MR) is 115 cm³/mol. The van der Waals surface area contributed by atoms with E-state index < -0.39 is 11.7 Å². The highest BCUT2D eigenvalue weighted by atomic mass is 35.5. The maximum Gasteiger partial charge on any atom is 0.294 e. The molecule has 0 aliphatic carbocycles. The lowest BCUT2D eigenvalue weighted by molar-refractivity contribution is -0.117. The Morgan fingerprint density at radius 1 is 1.13 bits per heavy atom. The SMILES string of the molecule is COc1ccc(-c2cc3ccccn3c2C(=O)C(=O)NCc2cccnc2)cc1Cl. The highest BCUT2D eigenvalue weighted by molar-refractivity contribution is 6.43. The summed E-state index contributed by atoms with van der Waals surface area (Å²) in [5.74, 6) is -0.790. The second kappa shape index (κ2) is 8.39. The fraction of sp³-hybridized carbons (Fsp3) is 0.0870. The average Bonchev–Trinajstić information content (AvgIpc) is 3.17. The summed E-state index contributed by atoms with van der Waals surface area (Å²) < 4.78 is 6.92. The Hall–Kier alpha value is -3.64. The van der Waals surface area contributed by atoms with Crippen LogP contribution < -0.4 is 10.1 Å². The van der Waals surface area contributed by atoms with Crippen LogP contribution in [0.25, 0.3) is 16.6 Å². The summed E-state index contributed by atoms with van der Waals surface area (Å²) in [5.41, 5.74) is 3.21. The third-order valence-corrected chi connectivity index (χ3v) is 5.03. The van der Waals surface area contributed by atoms with E-state index in [0.29, 0.717) is 21.9 Å². The van der Waals surface area contributed by atoms with Crippen molar-refractivity contribution >= 4 is 28.8 Å². The molecule has 0 aliphatic heterocycles. The van der Waals surface area contributed by atoms with Crippen LogP contribution in [0.15, 0.2) is 73.2 Å². The van der Waals surface area contributed by atoms with Crippen LogP contribution in [0.5, 0.6) is 5.75 Å². The fourth-order valence-electron chi connectivity index (χ4n) is 3.28. The van der Waals surface area contributed by atoms with Crippen molar-refractivity contribution in [2.24, 2.45) is 0 Å². The fourth-order valence-corrected chi connectivity index (χ4v) is 3.54. The number of nitrogens with zero attached hydrogens (tertiary/aromatic N) is 2. The van der Waals surface area contributed by atoms with Crippen LogP contribution in [0.1, 0.15) is 16.1 Å². The largest absolute Gasteiger partial charge is 0.495 e. The number of methoxy groups -OCH3 is 1. The van der Waals surface area contributed by atoms with E-state index in [1.807, 2.05) is 36.4 Å². The van der Waals surface area contributed by atoms with E-state index in [4.69, 9.17) is 16.3 Å². The van der Waals surface area contributed by atoms with Gasteiger partial charge in [-0.05, 0) is 47.5 Å². The predicted octanol–water partition coefficient (Wildman–Crippen LogP) is 4.16. The van der Waals surface area contributed by atoms with Crippen LogP contribution in [0.3, 0.4) is 0 Å². The third kappa shape index (κ3) is 3.77. The van der Waals surface area contributed by atoms with Crippen molar-refractivity contribution in [2.45, 2.75) is 6.54 Å². The van der Waals surface area contributed by atoms with Gasteiger partial charge >= 0.3 is 0 Å². The minimum atomic E-state index is -0.691. The molecule has 1 N–H and O–H groups in total. The molecule has 0 aliphatic rings. The number of Topliss-reactive ketones (excluding diaryl/α,β-unsaturated/α-hetero) is 1.